The molecule has 0 bridgehead atoms. The van der Waals surface area contributed by atoms with Crippen molar-refractivity contribution in [1.82, 2.24) is 29.3 Å². The maximum atomic E-state index is 12.5. The van der Waals surface area contributed by atoms with E-state index in [1.54, 1.807) is 42.1 Å². The third-order valence-electron chi connectivity index (χ3n) is 4.50. The van der Waals surface area contributed by atoms with Crippen LogP contribution in [0.25, 0.3) is 16.9 Å². The predicted octanol–water partition coefficient (Wildman–Crippen LogP) is 2.10. The lowest BCUT2D eigenvalue weighted by Gasteiger charge is -2.30. The molecule has 4 heterocycles. The first-order valence-corrected chi connectivity index (χ1v) is 9.38. The molecule has 1 aliphatic heterocycles. The Hall–Kier alpha value is -3.14. The minimum atomic E-state index is -0.632. The highest BCUT2D eigenvalue weighted by atomic mass is 35.5. The minimum absolute atomic E-state index is 0.169. The van der Waals surface area contributed by atoms with E-state index in [2.05, 4.69) is 15.3 Å². The maximum absolute atomic E-state index is 12.5. The van der Waals surface area contributed by atoms with Gasteiger partial charge in [-0.25, -0.2) is 4.79 Å². The Morgan fingerprint density at radius 2 is 2.03 bits per heavy atom. The van der Waals surface area contributed by atoms with E-state index < -0.39 is 17.6 Å². The molecule has 0 aromatic carbocycles. The molecule has 4 rings (SSSR count). The van der Waals surface area contributed by atoms with Crippen molar-refractivity contribution < 1.29 is 14.3 Å². The quantitative estimate of drug-likeness (QED) is 0.681. The Kier molecular flexibility index (Phi) is 4.45. The summed E-state index contributed by atoms with van der Waals surface area (Å²) in [5.74, 6) is -0.632. The molecule has 0 aliphatic carbocycles. The van der Waals surface area contributed by atoms with E-state index in [4.69, 9.17) is 22.1 Å². The molecule has 29 heavy (non-hydrogen) atoms. The molecule has 1 aliphatic rings. The molecule has 10 nitrogen and oxygen atoms in total. The van der Waals surface area contributed by atoms with Crippen LogP contribution in [0, 0.1) is 0 Å². The zero-order valence-corrected chi connectivity index (χ0v) is 17.0. The summed E-state index contributed by atoms with van der Waals surface area (Å²) < 4.78 is 8.79. The van der Waals surface area contributed by atoms with Gasteiger partial charge in [-0.05, 0) is 26.8 Å². The fraction of sp³-hybridized carbons (Fsp3) is 0.389. The Morgan fingerprint density at radius 1 is 1.28 bits per heavy atom. The Balaban J connectivity index is 1.75. The van der Waals surface area contributed by atoms with Crippen molar-refractivity contribution in [3.05, 3.63) is 34.9 Å². The van der Waals surface area contributed by atoms with Gasteiger partial charge in [-0.1, -0.05) is 11.6 Å². The van der Waals surface area contributed by atoms with Crippen LogP contribution >= 0.6 is 11.6 Å². The topological polar surface area (TPSA) is 121 Å². The second-order valence-electron chi connectivity index (χ2n) is 7.80. The fourth-order valence-electron chi connectivity index (χ4n) is 3.29. The number of primary amides is 1. The zero-order valence-electron chi connectivity index (χ0n) is 16.2. The lowest BCUT2D eigenvalue weighted by molar-refractivity contribution is 0.0193. The first-order valence-electron chi connectivity index (χ1n) is 9.01. The van der Waals surface area contributed by atoms with Crippen LogP contribution in [0.15, 0.2) is 18.6 Å². The van der Waals surface area contributed by atoms with Gasteiger partial charge >= 0.3 is 6.09 Å². The van der Waals surface area contributed by atoms with Crippen LogP contribution in [0.3, 0.4) is 0 Å². The van der Waals surface area contributed by atoms with Gasteiger partial charge in [-0.3, -0.25) is 13.9 Å². The van der Waals surface area contributed by atoms with E-state index >= 15 is 0 Å². The van der Waals surface area contributed by atoms with E-state index in [9.17, 15) is 9.59 Å². The van der Waals surface area contributed by atoms with Gasteiger partial charge in [-0.2, -0.15) is 5.10 Å². The summed E-state index contributed by atoms with van der Waals surface area (Å²) >= 11 is 6.29. The average Bonchev–Trinajstić information content (AvgIpc) is 3.23. The second-order valence-corrected chi connectivity index (χ2v) is 8.21. The first kappa shape index (κ1) is 19.2. The number of carbonyl (C=O) groups is 2. The van der Waals surface area contributed by atoms with E-state index in [0.717, 1.165) is 0 Å². The molecule has 0 atom stereocenters. The summed E-state index contributed by atoms with van der Waals surface area (Å²) in [4.78, 5) is 26.3. The number of nitrogens with zero attached hydrogens (tertiary/aromatic N) is 6. The number of carbonyl (C=O) groups excluding carboxylic acids is 2. The van der Waals surface area contributed by atoms with Crippen molar-refractivity contribution in [1.29, 1.82) is 0 Å². The summed E-state index contributed by atoms with van der Waals surface area (Å²) in [7, 11) is 0. The summed E-state index contributed by atoms with van der Waals surface area (Å²) in [5, 5.41) is 12.7. The summed E-state index contributed by atoms with van der Waals surface area (Å²) in [5.41, 5.74) is 7.38. The predicted molar refractivity (Wildman–Crippen MR) is 104 cm³/mol. The van der Waals surface area contributed by atoms with E-state index in [1.165, 1.54) is 11.2 Å². The third-order valence-corrected chi connectivity index (χ3v) is 4.78. The van der Waals surface area contributed by atoms with Gasteiger partial charge < -0.3 is 15.4 Å². The Labute approximate surface area is 171 Å². The van der Waals surface area contributed by atoms with Gasteiger partial charge in [0.25, 0.3) is 5.91 Å². The molecular weight excluding hydrogens is 398 g/mol. The van der Waals surface area contributed by atoms with E-state index in [-0.39, 0.29) is 12.1 Å². The average molecular weight is 418 g/mol. The standard InChI is InChI=1S/C18H20ClN7O3/c1-18(2,3)29-17(28)24-4-5-26-12(8-24)13(15(20)27)14(23-26)10-6-11(19)16-22-21-9-25(16)7-10/h6-7,9H,4-5,8H2,1-3H3,(H2,20,27). The van der Waals surface area contributed by atoms with Crippen molar-refractivity contribution in [2.45, 2.75) is 39.5 Å². The Bertz CT molecular complexity index is 1130. The summed E-state index contributed by atoms with van der Waals surface area (Å²) in [6.07, 6.45) is 2.79. The molecule has 0 fully saturated rings. The maximum Gasteiger partial charge on any atom is 0.410 e. The molecule has 2 amide bonds. The molecule has 152 valence electrons. The van der Waals surface area contributed by atoms with Gasteiger partial charge in [0, 0.05) is 18.3 Å². The molecule has 0 unspecified atom stereocenters. The normalized spacial score (nSPS) is 14.1. The van der Waals surface area contributed by atoms with Crippen molar-refractivity contribution in [3.63, 3.8) is 0 Å². The van der Waals surface area contributed by atoms with E-state index in [0.29, 0.717) is 40.7 Å². The van der Waals surface area contributed by atoms with Gasteiger partial charge in [0.2, 0.25) is 0 Å². The minimum Gasteiger partial charge on any atom is -0.444 e. The number of rotatable bonds is 2. The number of ether oxygens (including phenoxy) is 1. The Morgan fingerprint density at radius 3 is 2.72 bits per heavy atom. The summed E-state index contributed by atoms with van der Waals surface area (Å²) in [6.45, 7) is 6.40. The van der Waals surface area contributed by atoms with Crippen LogP contribution < -0.4 is 5.73 Å². The molecular formula is C18H20ClN7O3. The molecule has 0 saturated heterocycles. The molecule has 3 aromatic rings. The highest BCUT2D eigenvalue weighted by molar-refractivity contribution is 6.33. The van der Waals surface area contributed by atoms with Crippen LogP contribution in [-0.4, -0.2) is 53.4 Å². The number of fused-ring (bicyclic) bond motifs is 2. The van der Waals surface area contributed by atoms with Gasteiger partial charge in [0.15, 0.2) is 5.65 Å². The second kappa shape index (κ2) is 6.73. The SMILES string of the molecule is CC(C)(C)OC(=O)N1CCn2nc(-c3cc(Cl)c4nncn4c3)c(C(N)=O)c2C1. The fourth-order valence-corrected chi connectivity index (χ4v) is 3.54. The van der Waals surface area contributed by atoms with E-state index in [1.807, 2.05) is 0 Å². The largest absolute Gasteiger partial charge is 0.444 e. The van der Waals surface area contributed by atoms with Crippen LogP contribution in [-0.2, 0) is 17.8 Å². The number of pyridine rings is 1. The number of hydrogen-bond acceptors (Lipinski definition) is 6. The molecule has 0 spiro atoms. The van der Waals surface area contributed by atoms with Gasteiger partial charge in [-0.15, -0.1) is 10.2 Å². The van der Waals surface area contributed by atoms with Crippen molar-refractivity contribution in [2.24, 2.45) is 5.73 Å². The van der Waals surface area contributed by atoms with Crippen LogP contribution in [0.1, 0.15) is 36.8 Å². The van der Waals surface area contributed by atoms with Gasteiger partial charge in [0.05, 0.1) is 29.4 Å². The molecule has 2 N–H and O–H groups in total. The number of amides is 2. The number of aromatic nitrogens is 5. The molecule has 0 saturated carbocycles. The molecule has 3 aromatic heterocycles. The molecule has 0 radical (unpaired) electrons. The van der Waals surface area contributed by atoms with Crippen LogP contribution in [0.2, 0.25) is 5.02 Å². The van der Waals surface area contributed by atoms with Crippen LogP contribution in [0.4, 0.5) is 4.79 Å². The highest BCUT2D eigenvalue weighted by Crippen LogP contribution is 2.31. The van der Waals surface area contributed by atoms with Crippen LogP contribution in [0.5, 0.6) is 0 Å². The number of halogens is 1. The van der Waals surface area contributed by atoms with Gasteiger partial charge in [0.1, 0.15) is 17.6 Å². The van der Waals surface area contributed by atoms with Crippen molar-refractivity contribution >= 4 is 29.2 Å². The monoisotopic (exact) mass is 417 g/mol. The lowest BCUT2D eigenvalue weighted by atomic mass is 10.1. The first-order chi connectivity index (χ1) is 13.6. The molecule has 11 heteroatoms. The van der Waals surface area contributed by atoms with Crippen molar-refractivity contribution in [2.75, 3.05) is 6.54 Å². The van der Waals surface area contributed by atoms with Crippen molar-refractivity contribution in [3.8, 4) is 11.3 Å². The lowest BCUT2D eigenvalue weighted by Crippen LogP contribution is -2.42. The number of hydrogen-bond donors (Lipinski definition) is 1. The third kappa shape index (κ3) is 3.51. The smallest absolute Gasteiger partial charge is 0.410 e. The highest BCUT2D eigenvalue weighted by Gasteiger charge is 2.31. The zero-order chi connectivity index (χ0) is 20.9. The summed E-state index contributed by atoms with van der Waals surface area (Å²) in [6, 6.07) is 1.66. The number of nitrogens with two attached hydrogens (primary N) is 1.